The molecule has 0 fully saturated rings. The Hall–Kier alpha value is -1.83. The number of rotatable bonds is 6. The van der Waals surface area contributed by atoms with E-state index in [9.17, 15) is 4.79 Å². The first-order chi connectivity index (χ1) is 9.65. The number of hydrogen-bond acceptors (Lipinski definition) is 1. The SMILES string of the molecule is CCCCCc1cn(-c2ccccc2)c(C)c1C(C)=O. The Bertz CT molecular complexity index is 581. The zero-order valence-electron chi connectivity index (χ0n) is 12.6. The number of aryl methyl sites for hydroxylation is 1. The molecule has 2 rings (SSSR count). The first-order valence-corrected chi connectivity index (χ1v) is 7.42. The second-order valence-electron chi connectivity index (χ2n) is 5.33. The van der Waals surface area contributed by atoms with Crippen LogP contribution in [0, 0.1) is 6.92 Å². The van der Waals surface area contributed by atoms with E-state index < -0.39 is 0 Å². The van der Waals surface area contributed by atoms with Crippen LogP contribution in [-0.2, 0) is 6.42 Å². The molecule has 106 valence electrons. The summed E-state index contributed by atoms with van der Waals surface area (Å²) in [5, 5.41) is 0. The van der Waals surface area contributed by atoms with E-state index in [1.165, 1.54) is 18.4 Å². The van der Waals surface area contributed by atoms with Gasteiger partial charge < -0.3 is 4.57 Å². The molecule has 0 N–H and O–H groups in total. The number of unbranched alkanes of at least 4 members (excludes halogenated alkanes) is 2. The number of para-hydroxylation sites is 1. The summed E-state index contributed by atoms with van der Waals surface area (Å²) in [7, 11) is 0. The minimum Gasteiger partial charge on any atom is -0.320 e. The molecule has 2 heteroatoms. The second-order valence-corrected chi connectivity index (χ2v) is 5.33. The zero-order chi connectivity index (χ0) is 14.5. The van der Waals surface area contributed by atoms with Gasteiger partial charge in [-0.2, -0.15) is 0 Å². The van der Waals surface area contributed by atoms with E-state index >= 15 is 0 Å². The lowest BCUT2D eigenvalue weighted by Crippen LogP contribution is -2.00. The Balaban J connectivity index is 2.40. The summed E-state index contributed by atoms with van der Waals surface area (Å²) in [5.41, 5.74) is 4.27. The number of carbonyl (C=O) groups excluding carboxylic acids is 1. The Kier molecular flexibility index (Phi) is 4.78. The maximum absolute atomic E-state index is 12.0. The molecule has 0 aliphatic carbocycles. The van der Waals surface area contributed by atoms with E-state index in [-0.39, 0.29) is 5.78 Å². The molecule has 20 heavy (non-hydrogen) atoms. The number of benzene rings is 1. The highest BCUT2D eigenvalue weighted by atomic mass is 16.1. The molecule has 1 heterocycles. The molecule has 0 bridgehead atoms. The molecule has 0 aliphatic heterocycles. The molecule has 0 saturated carbocycles. The van der Waals surface area contributed by atoms with Crippen molar-refractivity contribution in [1.82, 2.24) is 4.57 Å². The summed E-state index contributed by atoms with van der Waals surface area (Å²) in [5.74, 6) is 0.170. The van der Waals surface area contributed by atoms with E-state index in [4.69, 9.17) is 0 Å². The van der Waals surface area contributed by atoms with Crippen LogP contribution in [-0.4, -0.2) is 10.4 Å². The molecule has 0 unspecified atom stereocenters. The van der Waals surface area contributed by atoms with Gasteiger partial charge in [-0.3, -0.25) is 4.79 Å². The Morgan fingerprint density at radius 1 is 1.15 bits per heavy atom. The van der Waals surface area contributed by atoms with Crippen LogP contribution >= 0.6 is 0 Å². The van der Waals surface area contributed by atoms with Crippen LogP contribution < -0.4 is 0 Å². The van der Waals surface area contributed by atoms with Crippen molar-refractivity contribution in [3.8, 4) is 5.69 Å². The van der Waals surface area contributed by atoms with Crippen LogP contribution in [0.2, 0.25) is 0 Å². The average Bonchev–Trinajstić information content (AvgIpc) is 2.77. The summed E-state index contributed by atoms with van der Waals surface area (Å²) in [6.45, 7) is 5.90. The van der Waals surface area contributed by atoms with Gasteiger partial charge in [0, 0.05) is 23.1 Å². The predicted octanol–water partition coefficient (Wildman–Crippen LogP) is 4.72. The maximum atomic E-state index is 12.0. The van der Waals surface area contributed by atoms with Gasteiger partial charge in [0.2, 0.25) is 0 Å². The monoisotopic (exact) mass is 269 g/mol. The fourth-order valence-corrected chi connectivity index (χ4v) is 2.76. The molecule has 0 atom stereocenters. The molecule has 0 saturated heterocycles. The lowest BCUT2D eigenvalue weighted by Gasteiger charge is -2.06. The average molecular weight is 269 g/mol. The van der Waals surface area contributed by atoms with Crippen molar-refractivity contribution >= 4 is 5.78 Å². The van der Waals surface area contributed by atoms with Gasteiger partial charge in [0.25, 0.3) is 0 Å². The number of Topliss-reactive ketones (excluding diaryl/α,β-unsaturated/α-hetero) is 1. The van der Waals surface area contributed by atoms with Crippen LogP contribution in [0.1, 0.15) is 54.7 Å². The van der Waals surface area contributed by atoms with Crippen LogP contribution in [0.3, 0.4) is 0 Å². The molecule has 0 aliphatic rings. The molecule has 0 spiro atoms. The summed E-state index contributed by atoms with van der Waals surface area (Å²) < 4.78 is 2.14. The minimum atomic E-state index is 0.170. The topological polar surface area (TPSA) is 22.0 Å². The van der Waals surface area contributed by atoms with E-state index in [2.05, 4.69) is 29.8 Å². The number of ketones is 1. The van der Waals surface area contributed by atoms with Crippen molar-refractivity contribution in [2.45, 2.75) is 46.5 Å². The smallest absolute Gasteiger partial charge is 0.161 e. The number of aromatic nitrogens is 1. The van der Waals surface area contributed by atoms with Crippen molar-refractivity contribution in [2.24, 2.45) is 0 Å². The highest BCUT2D eigenvalue weighted by molar-refractivity contribution is 5.97. The fraction of sp³-hybridized carbons (Fsp3) is 0.389. The lowest BCUT2D eigenvalue weighted by atomic mass is 10.0. The van der Waals surface area contributed by atoms with Crippen molar-refractivity contribution in [3.63, 3.8) is 0 Å². The molecular formula is C18H23NO. The van der Waals surface area contributed by atoms with Crippen LogP contribution in [0.5, 0.6) is 0 Å². The number of carbonyl (C=O) groups is 1. The van der Waals surface area contributed by atoms with Crippen molar-refractivity contribution < 1.29 is 4.79 Å². The minimum absolute atomic E-state index is 0.170. The van der Waals surface area contributed by atoms with Crippen molar-refractivity contribution in [2.75, 3.05) is 0 Å². The maximum Gasteiger partial charge on any atom is 0.161 e. The third-order valence-corrected chi connectivity index (χ3v) is 3.77. The molecule has 0 amide bonds. The largest absolute Gasteiger partial charge is 0.320 e. The highest BCUT2D eigenvalue weighted by Crippen LogP contribution is 2.23. The van der Waals surface area contributed by atoms with Crippen molar-refractivity contribution in [3.05, 3.63) is 53.3 Å². The number of hydrogen-bond donors (Lipinski definition) is 0. The quantitative estimate of drug-likeness (QED) is 0.549. The highest BCUT2D eigenvalue weighted by Gasteiger charge is 2.16. The van der Waals surface area contributed by atoms with Gasteiger partial charge >= 0.3 is 0 Å². The van der Waals surface area contributed by atoms with Gasteiger partial charge in [-0.25, -0.2) is 0 Å². The van der Waals surface area contributed by atoms with E-state index in [0.29, 0.717) is 0 Å². The third kappa shape index (κ3) is 3.01. The third-order valence-electron chi connectivity index (χ3n) is 3.77. The van der Waals surface area contributed by atoms with Gasteiger partial charge in [-0.05, 0) is 44.4 Å². The van der Waals surface area contributed by atoms with Gasteiger partial charge in [-0.1, -0.05) is 38.0 Å². The molecule has 2 nitrogen and oxygen atoms in total. The Morgan fingerprint density at radius 3 is 2.45 bits per heavy atom. The summed E-state index contributed by atoms with van der Waals surface area (Å²) in [4.78, 5) is 12.0. The molecule has 0 radical (unpaired) electrons. The lowest BCUT2D eigenvalue weighted by molar-refractivity contribution is 0.101. The first kappa shape index (κ1) is 14.6. The van der Waals surface area contributed by atoms with E-state index in [0.717, 1.165) is 29.8 Å². The Morgan fingerprint density at radius 2 is 1.85 bits per heavy atom. The zero-order valence-corrected chi connectivity index (χ0v) is 12.6. The number of nitrogens with zero attached hydrogens (tertiary/aromatic N) is 1. The van der Waals surface area contributed by atoms with Gasteiger partial charge in [0.05, 0.1) is 0 Å². The van der Waals surface area contributed by atoms with E-state index in [1.807, 2.05) is 25.1 Å². The predicted molar refractivity (Wildman–Crippen MR) is 83.7 cm³/mol. The summed E-state index contributed by atoms with van der Waals surface area (Å²) >= 11 is 0. The van der Waals surface area contributed by atoms with Crippen LogP contribution in [0.4, 0.5) is 0 Å². The van der Waals surface area contributed by atoms with E-state index in [1.54, 1.807) is 6.92 Å². The Labute approximate surface area is 121 Å². The summed E-state index contributed by atoms with van der Waals surface area (Å²) in [6, 6.07) is 10.2. The molecule has 2 aromatic rings. The molecular weight excluding hydrogens is 246 g/mol. The van der Waals surface area contributed by atoms with Gasteiger partial charge in [0.15, 0.2) is 5.78 Å². The first-order valence-electron chi connectivity index (χ1n) is 7.42. The van der Waals surface area contributed by atoms with Crippen LogP contribution in [0.15, 0.2) is 36.5 Å². The fourth-order valence-electron chi connectivity index (χ4n) is 2.76. The standard InChI is InChI=1S/C18H23NO/c1-4-5-7-10-16-13-19(14(2)18(16)15(3)20)17-11-8-6-9-12-17/h6,8-9,11-13H,4-5,7,10H2,1-3H3. The van der Waals surface area contributed by atoms with Gasteiger partial charge in [-0.15, -0.1) is 0 Å². The van der Waals surface area contributed by atoms with Crippen molar-refractivity contribution in [1.29, 1.82) is 0 Å². The van der Waals surface area contributed by atoms with Crippen LogP contribution in [0.25, 0.3) is 5.69 Å². The summed E-state index contributed by atoms with van der Waals surface area (Å²) in [6.07, 6.45) is 6.69. The molecule has 1 aromatic carbocycles. The van der Waals surface area contributed by atoms with Gasteiger partial charge in [0.1, 0.15) is 0 Å². The normalized spacial score (nSPS) is 10.8. The molecule has 1 aromatic heterocycles. The second kappa shape index (κ2) is 6.56.